The van der Waals surface area contributed by atoms with Crippen LogP contribution < -0.4 is 5.32 Å². The van der Waals surface area contributed by atoms with Crippen LogP contribution >= 0.6 is 0 Å². The smallest absolute Gasteiger partial charge is 0.397 e. The van der Waals surface area contributed by atoms with E-state index >= 15 is 0 Å². The van der Waals surface area contributed by atoms with Gasteiger partial charge >= 0.3 is 11.9 Å². The number of hydrogen-bond acceptors (Lipinski definition) is 3. The van der Waals surface area contributed by atoms with Gasteiger partial charge in [-0.25, -0.2) is 13.6 Å². The van der Waals surface area contributed by atoms with Crippen molar-refractivity contribution in [2.75, 3.05) is 11.9 Å². The summed E-state index contributed by atoms with van der Waals surface area (Å²) in [5, 5.41) is 2.01. The number of nitrogens with one attached hydrogen (secondary N) is 1. The van der Waals surface area contributed by atoms with E-state index < -0.39 is 23.5 Å². The van der Waals surface area contributed by atoms with Crippen molar-refractivity contribution in [3.63, 3.8) is 0 Å². The molecule has 0 saturated carbocycles. The summed E-state index contributed by atoms with van der Waals surface area (Å²) in [7, 11) is 0. The largest absolute Gasteiger partial charge is 0.459 e. The first kappa shape index (κ1) is 12.1. The summed E-state index contributed by atoms with van der Waals surface area (Å²) in [4.78, 5) is 22.0. The Balaban J connectivity index is 2.73. The van der Waals surface area contributed by atoms with Gasteiger partial charge in [-0.2, -0.15) is 0 Å². The van der Waals surface area contributed by atoms with E-state index in [1.807, 2.05) is 5.32 Å². The molecule has 0 aliphatic rings. The van der Waals surface area contributed by atoms with Gasteiger partial charge in [0.25, 0.3) is 0 Å². The molecule has 4 nitrogen and oxygen atoms in total. The van der Waals surface area contributed by atoms with Gasteiger partial charge in [0.1, 0.15) is 11.6 Å². The van der Waals surface area contributed by atoms with Gasteiger partial charge in [0.05, 0.1) is 6.61 Å². The molecule has 0 aliphatic carbocycles. The molecule has 0 unspecified atom stereocenters. The van der Waals surface area contributed by atoms with Gasteiger partial charge < -0.3 is 10.1 Å². The average Bonchev–Trinajstić information content (AvgIpc) is 2.16. The molecule has 0 spiro atoms. The van der Waals surface area contributed by atoms with Crippen molar-refractivity contribution in [1.29, 1.82) is 0 Å². The summed E-state index contributed by atoms with van der Waals surface area (Å²) in [5.41, 5.74) is -0.143. The van der Waals surface area contributed by atoms with Gasteiger partial charge in [-0.1, -0.05) is 0 Å². The van der Waals surface area contributed by atoms with Crippen LogP contribution in [0.4, 0.5) is 14.5 Å². The highest BCUT2D eigenvalue weighted by atomic mass is 19.1. The van der Waals surface area contributed by atoms with E-state index in [1.165, 1.54) is 6.92 Å². The molecular formula is C10H9F2NO3. The van der Waals surface area contributed by atoms with Crippen molar-refractivity contribution in [2.24, 2.45) is 0 Å². The monoisotopic (exact) mass is 229 g/mol. The molecule has 0 radical (unpaired) electrons. The van der Waals surface area contributed by atoms with Crippen molar-refractivity contribution in [1.82, 2.24) is 0 Å². The summed E-state index contributed by atoms with van der Waals surface area (Å²) in [6, 6.07) is 2.43. The number of anilines is 1. The van der Waals surface area contributed by atoms with Gasteiger partial charge in [0.2, 0.25) is 0 Å². The van der Waals surface area contributed by atoms with Crippen LogP contribution in [0.3, 0.4) is 0 Å². The molecule has 1 amide bonds. The lowest BCUT2D eigenvalue weighted by Gasteiger charge is -2.04. The van der Waals surface area contributed by atoms with Crippen molar-refractivity contribution >= 4 is 17.6 Å². The second-order valence-electron chi connectivity index (χ2n) is 2.83. The van der Waals surface area contributed by atoms with E-state index in [0.29, 0.717) is 6.07 Å². The number of amides is 1. The second-order valence-corrected chi connectivity index (χ2v) is 2.83. The van der Waals surface area contributed by atoms with Gasteiger partial charge in [0, 0.05) is 11.8 Å². The van der Waals surface area contributed by atoms with Crippen LogP contribution in [0, 0.1) is 11.6 Å². The van der Waals surface area contributed by atoms with Crippen LogP contribution in [-0.2, 0) is 14.3 Å². The van der Waals surface area contributed by atoms with Gasteiger partial charge in [-0.3, -0.25) is 4.79 Å². The van der Waals surface area contributed by atoms with Crippen molar-refractivity contribution in [3.05, 3.63) is 29.8 Å². The summed E-state index contributed by atoms with van der Waals surface area (Å²) in [6.45, 7) is 1.58. The maximum absolute atomic E-state index is 12.7. The minimum absolute atomic E-state index is 0.0454. The molecule has 1 N–H and O–H groups in total. The van der Waals surface area contributed by atoms with Crippen LogP contribution in [0.15, 0.2) is 18.2 Å². The minimum atomic E-state index is -1.10. The standard InChI is InChI=1S/C10H9F2NO3/c1-2-16-10(15)9(14)13-8-4-6(11)3-7(12)5-8/h3-5H,2H2,1H3,(H,13,14). The van der Waals surface area contributed by atoms with Crippen molar-refractivity contribution in [2.45, 2.75) is 6.92 Å². The van der Waals surface area contributed by atoms with Crippen LogP contribution in [0.5, 0.6) is 0 Å². The molecule has 1 aromatic carbocycles. The quantitative estimate of drug-likeness (QED) is 0.617. The van der Waals surface area contributed by atoms with Crippen molar-refractivity contribution < 1.29 is 23.1 Å². The van der Waals surface area contributed by atoms with Crippen molar-refractivity contribution in [3.8, 4) is 0 Å². The number of hydrogen-bond donors (Lipinski definition) is 1. The third kappa shape index (κ3) is 3.30. The zero-order valence-electron chi connectivity index (χ0n) is 8.42. The highest BCUT2D eigenvalue weighted by Gasteiger charge is 2.15. The molecule has 86 valence electrons. The average molecular weight is 229 g/mol. The van der Waals surface area contributed by atoms with E-state index in [-0.39, 0.29) is 12.3 Å². The first-order valence-electron chi connectivity index (χ1n) is 4.47. The zero-order valence-corrected chi connectivity index (χ0v) is 8.42. The molecule has 1 aromatic rings. The maximum atomic E-state index is 12.7. The molecule has 0 saturated heterocycles. The zero-order chi connectivity index (χ0) is 12.1. The molecule has 0 aromatic heterocycles. The lowest BCUT2D eigenvalue weighted by atomic mass is 10.3. The van der Waals surface area contributed by atoms with Crippen LogP contribution in [-0.4, -0.2) is 18.5 Å². The predicted octanol–water partition coefficient (Wildman–Crippen LogP) is 1.47. The summed E-state index contributed by atoms with van der Waals surface area (Å²) in [6.07, 6.45) is 0. The van der Waals surface area contributed by atoms with Gasteiger partial charge in [-0.05, 0) is 19.1 Å². The SMILES string of the molecule is CCOC(=O)C(=O)Nc1cc(F)cc(F)c1. The highest BCUT2D eigenvalue weighted by molar-refractivity contribution is 6.37. The molecular weight excluding hydrogens is 220 g/mol. The normalized spacial score (nSPS) is 9.69. The summed E-state index contributed by atoms with van der Waals surface area (Å²) >= 11 is 0. The highest BCUT2D eigenvalue weighted by Crippen LogP contribution is 2.12. The van der Waals surface area contributed by atoms with Crippen LogP contribution in [0.25, 0.3) is 0 Å². The summed E-state index contributed by atoms with van der Waals surface area (Å²) in [5.74, 6) is -3.88. The number of rotatable bonds is 2. The van der Waals surface area contributed by atoms with E-state index in [9.17, 15) is 18.4 Å². The minimum Gasteiger partial charge on any atom is -0.459 e. The number of benzene rings is 1. The molecule has 0 atom stereocenters. The third-order valence-corrected chi connectivity index (χ3v) is 1.58. The number of carbonyl (C=O) groups excluding carboxylic acids is 2. The molecule has 0 heterocycles. The van der Waals surface area contributed by atoms with Crippen LogP contribution in [0.1, 0.15) is 6.92 Å². The Labute approximate surface area is 90.2 Å². The number of ether oxygens (including phenoxy) is 1. The fourth-order valence-corrected chi connectivity index (χ4v) is 1.00. The number of carbonyl (C=O) groups is 2. The Bertz CT molecular complexity index is 400. The van der Waals surface area contributed by atoms with E-state index in [4.69, 9.17) is 0 Å². The Morgan fingerprint density at radius 3 is 2.31 bits per heavy atom. The predicted molar refractivity (Wildman–Crippen MR) is 51.6 cm³/mol. The fraction of sp³-hybridized carbons (Fsp3) is 0.200. The lowest BCUT2D eigenvalue weighted by Crippen LogP contribution is -2.25. The third-order valence-electron chi connectivity index (χ3n) is 1.58. The Morgan fingerprint density at radius 1 is 1.25 bits per heavy atom. The maximum Gasteiger partial charge on any atom is 0.397 e. The Kier molecular flexibility index (Phi) is 3.93. The second kappa shape index (κ2) is 5.20. The molecule has 0 aliphatic heterocycles. The number of esters is 1. The fourth-order valence-electron chi connectivity index (χ4n) is 1.00. The Hall–Kier alpha value is -1.98. The van der Waals surface area contributed by atoms with Gasteiger partial charge in [-0.15, -0.1) is 0 Å². The molecule has 1 rings (SSSR count). The van der Waals surface area contributed by atoms with E-state index in [0.717, 1.165) is 12.1 Å². The molecule has 16 heavy (non-hydrogen) atoms. The van der Waals surface area contributed by atoms with E-state index in [1.54, 1.807) is 0 Å². The molecule has 0 fully saturated rings. The van der Waals surface area contributed by atoms with Crippen LogP contribution in [0.2, 0.25) is 0 Å². The topological polar surface area (TPSA) is 55.4 Å². The van der Waals surface area contributed by atoms with Gasteiger partial charge in [0.15, 0.2) is 0 Å². The number of halogens is 2. The first-order valence-corrected chi connectivity index (χ1v) is 4.47. The molecule has 6 heteroatoms. The molecule has 0 bridgehead atoms. The first-order chi connectivity index (χ1) is 7.52. The Morgan fingerprint density at radius 2 is 1.81 bits per heavy atom. The summed E-state index contributed by atoms with van der Waals surface area (Å²) < 4.78 is 29.8. The van der Waals surface area contributed by atoms with E-state index in [2.05, 4.69) is 4.74 Å². The lowest BCUT2D eigenvalue weighted by molar-refractivity contribution is -0.152.